The van der Waals surface area contributed by atoms with E-state index in [2.05, 4.69) is 10.3 Å². The molecule has 0 aliphatic carbocycles. The van der Waals surface area contributed by atoms with Crippen molar-refractivity contribution in [2.45, 2.75) is 13.1 Å². The minimum atomic E-state index is -0.817. The first kappa shape index (κ1) is 11.7. The fourth-order valence-corrected chi connectivity index (χ4v) is 1.51. The third-order valence-corrected chi connectivity index (χ3v) is 2.38. The van der Waals surface area contributed by atoms with Gasteiger partial charge in [-0.05, 0) is 18.2 Å². The molecule has 0 radical (unpaired) electrons. The molecule has 4 heteroatoms. The van der Waals surface area contributed by atoms with Crippen LogP contribution < -0.4 is 5.32 Å². The predicted molar refractivity (Wildman–Crippen MR) is 61.1 cm³/mol. The Balaban J connectivity index is 1.93. The number of rotatable bonds is 4. The summed E-state index contributed by atoms with van der Waals surface area (Å²) < 4.78 is 26.2. The van der Waals surface area contributed by atoms with Crippen LogP contribution in [0.2, 0.25) is 0 Å². The molecular formula is C13H12F2N2. The average Bonchev–Trinajstić information content (AvgIpc) is 2.36. The first-order chi connectivity index (χ1) is 8.27. The Morgan fingerprint density at radius 2 is 1.88 bits per heavy atom. The summed E-state index contributed by atoms with van der Waals surface area (Å²) >= 11 is 0. The summed E-state index contributed by atoms with van der Waals surface area (Å²) in [5.74, 6) is -1.61. The molecule has 0 unspecified atom stereocenters. The van der Waals surface area contributed by atoms with Crippen molar-refractivity contribution >= 4 is 0 Å². The standard InChI is InChI=1S/C13H12F2N2/c14-12-6-3-4-10(13(12)15)8-16-9-11-5-1-2-7-17-11/h1-7,16H,8-9H2. The lowest BCUT2D eigenvalue weighted by Crippen LogP contribution is -2.14. The maximum absolute atomic E-state index is 13.3. The average molecular weight is 234 g/mol. The van der Waals surface area contributed by atoms with Crippen LogP contribution in [0.4, 0.5) is 8.78 Å². The first-order valence-corrected chi connectivity index (χ1v) is 5.31. The Morgan fingerprint density at radius 1 is 1.00 bits per heavy atom. The van der Waals surface area contributed by atoms with Gasteiger partial charge in [-0.3, -0.25) is 4.98 Å². The highest BCUT2D eigenvalue weighted by Gasteiger charge is 2.06. The van der Waals surface area contributed by atoms with Gasteiger partial charge >= 0.3 is 0 Å². The molecule has 2 aromatic rings. The molecule has 1 heterocycles. The lowest BCUT2D eigenvalue weighted by molar-refractivity contribution is 0.492. The third kappa shape index (κ3) is 3.07. The summed E-state index contributed by atoms with van der Waals surface area (Å²) in [6.45, 7) is 0.803. The molecule has 0 atom stereocenters. The van der Waals surface area contributed by atoms with E-state index in [1.807, 2.05) is 18.2 Å². The van der Waals surface area contributed by atoms with Crippen LogP contribution in [0.5, 0.6) is 0 Å². The van der Waals surface area contributed by atoms with Crippen LogP contribution in [0.25, 0.3) is 0 Å². The number of hydrogen-bond donors (Lipinski definition) is 1. The van der Waals surface area contributed by atoms with E-state index in [-0.39, 0.29) is 6.54 Å². The summed E-state index contributed by atoms with van der Waals surface area (Å²) in [6, 6.07) is 9.75. The topological polar surface area (TPSA) is 24.9 Å². The van der Waals surface area contributed by atoms with E-state index >= 15 is 0 Å². The maximum atomic E-state index is 13.3. The van der Waals surface area contributed by atoms with Crippen LogP contribution in [-0.4, -0.2) is 4.98 Å². The van der Waals surface area contributed by atoms with Gasteiger partial charge in [0.1, 0.15) is 0 Å². The van der Waals surface area contributed by atoms with E-state index in [1.165, 1.54) is 6.07 Å². The van der Waals surface area contributed by atoms with E-state index in [1.54, 1.807) is 12.3 Å². The van der Waals surface area contributed by atoms with Crippen LogP contribution in [0.1, 0.15) is 11.3 Å². The van der Waals surface area contributed by atoms with Gasteiger partial charge in [0.25, 0.3) is 0 Å². The number of hydrogen-bond acceptors (Lipinski definition) is 2. The van der Waals surface area contributed by atoms with Gasteiger partial charge in [-0.15, -0.1) is 0 Å². The van der Waals surface area contributed by atoms with Crippen LogP contribution >= 0.6 is 0 Å². The molecule has 0 spiro atoms. The lowest BCUT2D eigenvalue weighted by atomic mass is 10.2. The largest absolute Gasteiger partial charge is 0.307 e. The quantitative estimate of drug-likeness (QED) is 0.879. The van der Waals surface area contributed by atoms with Gasteiger partial charge < -0.3 is 5.32 Å². The third-order valence-electron chi connectivity index (χ3n) is 2.38. The SMILES string of the molecule is Fc1cccc(CNCc2ccccn2)c1F. The van der Waals surface area contributed by atoms with Gasteiger partial charge in [-0.1, -0.05) is 18.2 Å². The second kappa shape index (κ2) is 5.50. The highest BCUT2D eigenvalue weighted by Crippen LogP contribution is 2.10. The van der Waals surface area contributed by atoms with E-state index in [9.17, 15) is 8.78 Å². The van der Waals surface area contributed by atoms with E-state index in [0.29, 0.717) is 12.1 Å². The summed E-state index contributed by atoms with van der Waals surface area (Å²) in [5.41, 5.74) is 1.19. The second-order valence-corrected chi connectivity index (χ2v) is 3.64. The molecule has 2 nitrogen and oxygen atoms in total. The molecular weight excluding hydrogens is 222 g/mol. The molecule has 17 heavy (non-hydrogen) atoms. The Hall–Kier alpha value is -1.81. The number of nitrogens with zero attached hydrogens (tertiary/aromatic N) is 1. The Morgan fingerprint density at radius 3 is 2.65 bits per heavy atom. The van der Waals surface area contributed by atoms with Gasteiger partial charge in [0.05, 0.1) is 5.69 Å². The van der Waals surface area contributed by atoms with Crippen molar-refractivity contribution in [1.82, 2.24) is 10.3 Å². The molecule has 0 amide bonds. The van der Waals surface area contributed by atoms with Gasteiger partial charge in [0, 0.05) is 24.8 Å². The summed E-state index contributed by atoms with van der Waals surface area (Å²) in [7, 11) is 0. The summed E-state index contributed by atoms with van der Waals surface area (Å²) in [4.78, 5) is 4.12. The second-order valence-electron chi connectivity index (χ2n) is 3.64. The molecule has 88 valence electrons. The van der Waals surface area contributed by atoms with Gasteiger partial charge in [0.15, 0.2) is 11.6 Å². The fourth-order valence-electron chi connectivity index (χ4n) is 1.51. The molecule has 0 aliphatic rings. The zero-order chi connectivity index (χ0) is 12.1. The van der Waals surface area contributed by atoms with Crippen LogP contribution in [0.15, 0.2) is 42.6 Å². The van der Waals surface area contributed by atoms with Gasteiger partial charge in [-0.2, -0.15) is 0 Å². The fraction of sp³-hybridized carbons (Fsp3) is 0.154. The van der Waals surface area contributed by atoms with Crippen molar-refractivity contribution < 1.29 is 8.78 Å². The van der Waals surface area contributed by atoms with Crippen LogP contribution in [0, 0.1) is 11.6 Å². The molecule has 2 rings (SSSR count). The Labute approximate surface area is 98.3 Å². The van der Waals surface area contributed by atoms with E-state index < -0.39 is 11.6 Å². The van der Waals surface area contributed by atoms with Gasteiger partial charge in [0.2, 0.25) is 0 Å². The van der Waals surface area contributed by atoms with E-state index in [4.69, 9.17) is 0 Å². The normalized spacial score (nSPS) is 10.5. The molecule has 1 aromatic heterocycles. The minimum absolute atomic E-state index is 0.278. The molecule has 0 saturated heterocycles. The molecule has 1 N–H and O–H groups in total. The minimum Gasteiger partial charge on any atom is -0.307 e. The van der Waals surface area contributed by atoms with Crippen LogP contribution in [0.3, 0.4) is 0 Å². The zero-order valence-corrected chi connectivity index (χ0v) is 9.16. The highest BCUT2D eigenvalue weighted by atomic mass is 19.2. The van der Waals surface area contributed by atoms with Crippen LogP contribution in [-0.2, 0) is 13.1 Å². The van der Waals surface area contributed by atoms with Crippen molar-refractivity contribution in [3.05, 3.63) is 65.5 Å². The van der Waals surface area contributed by atoms with Crippen molar-refractivity contribution in [1.29, 1.82) is 0 Å². The van der Waals surface area contributed by atoms with Crippen molar-refractivity contribution in [2.75, 3.05) is 0 Å². The van der Waals surface area contributed by atoms with E-state index in [0.717, 1.165) is 11.8 Å². The molecule has 0 aliphatic heterocycles. The Kier molecular flexibility index (Phi) is 3.77. The monoisotopic (exact) mass is 234 g/mol. The number of halogens is 2. The first-order valence-electron chi connectivity index (χ1n) is 5.31. The predicted octanol–water partition coefficient (Wildman–Crippen LogP) is 2.65. The smallest absolute Gasteiger partial charge is 0.163 e. The molecule has 0 saturated carbocycles. The lowest BCUT2D eigenvalue weighted by Gasteiger charge is -2.05. The number of nitrogens with one attached hydrogen (secondary N) is 1. The van der Waals surface area contributed by atoms with Crippen molar-refractivity contribution in [3.8, 4) is 0 Å². The highest BCUT2D eigenvalue weighted by molar-refractivity contribution is 5.18. The molecule has 0 bridgehead atoms. The zero-order valence-electron chi connectivity index (χ0n) is 9.16. The maximum Gasteiger partial charge on any atom is 0.163 e. The Bertz CT molecular complexity index is 486. The number of aromatic nitrogens is 1. The number of pyridine rings is 1. The van der Waals surface area contributed by atoms with Crippen molar-refractivity contribution in [2.24, 2.45) is 0 Å². The number of benzene rings is 1. The molecule has 1 aromatic carbocycles. The van der Waals surface area contributed by atoms with Gasteiger partial charge in [-0.25, -0.2) is 8.78 Å². The summed E-state index contributed by atoms with van der Waals surface area (Å²) in [6.07, 6.45) is 1.69. The summed E-state index contributed by atoms with van der Waals surface area (Å²) in [5, 5.41) is 3.02. The molecule has 0 fully saturated rings. The van der Waals surface area contributed by atoms with Crippen molar-refractivity contribution in [3.63, 3.8) is 0 Å².